The number of benzene rings is 1. The lowest BCUT2D eigenvalue weighted by molar-refractivity contribution is -0.143. The lowest BCUT2D eigenvalue weighted by Gasteiger charge is -2.30. The van der Waals surface area contributed by atoms with Gasteiger partial charge < -0.3 is 25.8 Å². The number of nitrogens with zero attached hydrogens (tertiary/aromatic N) is 1. The van der Waals surface area contributed by atoms with E-state index in [9.17, 15) is 24.0 Å². The predicted molar refractivity (Wildman–Crippen MR) is 134 cm³/mol. The maximum Gasteiger partial charge on any atom is 0.408 e. The fourth-order valence-electron chi connectivity index (χ4n) is 3.08. The number of esters is 1. The number of carbonyl (C=O) groups excluding carboxylic acids is 5. The van der Waals surface area contributed by atoms with Crippen LogP contribution in [0.15, 0.2) is 24.3 Å². The van der Waals surface area contributed by atoms with Crippen molar-refractivity contribution < 1.29 is 33.4 Å². The van der Waals surface area contributed by atoms with Crippen molar-refractivity contribution in [2.75, 3.05) is 13.2 Å². The summed E-state index contributed by atoms with van der Waals surface area (Å²) in [5.41, 5.74) is 5.19. The SMILES string of the molecule is C#Cc1ccc(C(C(=O)NCCC(=O)OCC)N(C#C)C(=O)C(CC(N)=O)NC(=O)OC(C)(C)C)cc1. The monoisotopic (exact) mass is 512 g/mol. The molecule has 0 aliphatic heterocycles. The van der Waals surface area contributed by atoms with Crippen molar-refractivity contribution in [3.8, 4) is 24.8 Å². The summed E-state index contributed by atoms with van der Waals surface area (Å²) in [6, 6.07) is 5.34. The van der Waals surface area contributed by atoms with E-state index in [-0.39, 0.29) is 25.1 Å². The lowest BCUT2D eigenvalue weighted by Crippen LogP contribution is -2.52. The molecule has 0 aromatic heterocycles. The first-order valence-electron chi connectivity index (χ1n) is 11.4. The molecule has 0 bridgehead atoms. The number of ether oxygens (including phenoxy) is 2. The van der Waals surface area contributed by atoms with E-state index in [1.54, 1.807) is 39.8 Å². The van der Waals surface area contributed by atoms with Crippen LogP contribution in [0.5, 0.6) is 0 Å². The molecule has 0 fully saturated rings. The highest BCUT2D eigenvalue weighted by molar-refractivity contribution is 5.95. The predicted octanol–water partition coefficient (Wildman–Crippen LogP) is 0.966. The molecule has 0 radical (unpaired) electrons. The lowest BCUT2D eigenvalue weighted by atomic mass is 10.0. The molecule has 0 aliphatic rings. The van der Waals surface area contributed by atoms with E-state index in [0.29, 0.717) is 5.56 Å². The van der Waals surface area contributed by atoms with Gasteiger partial charge in [-0.1, -0.05) is 24.5 Å². The van der Waals surface area contributed by atoms with E-state index in [0.717, 1.165) is 4.90 Å². The van der Waals surface area contributed by atoms with Crippen LogP contribution in [0.4, 0.5) is 4.79 Å². The Kier molecular flexibility index (Phi) is 11.7. The van der Waals surface area contributed by atoms with Gasteiger partial charge in [0.05, 0.1) is 19.4 Å². The third kappa shape index (κ3) is 10.3. The van der Waals surface area contributed by atoms with Gasteiger partial charge in [-0.05, 0) is 45.4 Å². The second kappa shape index (κ2) is 14.1. The van der Waals surface area contributed by atoms with Crippen LogP contribution >= 0.6 is 0 Å². The number of hydrogen-bond donors (Lipinski definition) is 3. The van der Waals surface area contributed by atoms with Gasteiger partial charge in [0.1, 0.15) is 17.7 Å². The van der Waals surface area contributed by atoms with Crippen molar-refractivity contribution in [3.05, 3.63) is 35.4 Å². The van der Waals surface area contributed by atoms with Crippen LogP contribution in [0.1, 0.15) is 57.7 Å². The Labute approximate surface area is 216 Å². The molecule has 0 spiro atoms. The first-order chi connectivity index (χ1) is 17.3. The molecule has 0 saturated heterocycles. The van der Waals surface area contributed by atoms with Gasteiger partial charge in [0.15, 0.2) is 0 Å². The molecule has 1 aromatic carbocycles. The molecule has 2 atom stereocenters. The van der Waals surface area contributed by atoms with E-state index in [1.807, 2.05) is 0 Å². The average Bonchev–Trinajstić information content (AvgIpc) is 2.80. The quantitative estimate of drug-likeness (QED) is 0.226. The number of nitrogens with one attached hydrogen (secondary N) is 2. The summed E-state index contributed by atoms with van der Waals surface area (Å²) in [6.45, 7) is 6.58. The second-order valence-corrected chi connectivity index (χ2v) is 8.72. The van der Waals surface area contributed by atoms with Crippen LogP contribution in [0.25, 0.3) is 0 Å². The van der Waals surface area contributed by atoms with Gasteiger partial charge in [-0.3, -0.25) is 24.1 Å². The van der Waals surface area contributed by atoms with Crippen LogP contribution in [0, 0.1) is 24.8 Å². The number of hydrogen-bond acceptors (Lipinski definition) is 7. The average molecular weight is 513 g/mol. The number of carbonyl (C=O) groups is 5. The molecule has 1 aromatic rings. The molecule has 1 rings (SSSR count). The van der Waals surface area contributed by atoms with Crippen molar-refractivity contribution in [1.29, 1.82) is 0 Å². The van der Waals surface area contributed by atoms with Crippen LogP contribution in [-0.4, -0.2) is 59.5 Å². The zero-order valence-electron chi connectivity index (χ0n) is 21.3. The molecule has 2 unspecified atom stereocenters. The topological polar surface area (TPSA) is 157 Å². The minimum Gasteiger partial charge on any atom is -0.466 e. The van der Waals surface area contributed by atoms with Gasteiger partial charge >= 0.3 is 12.1 Å². The zero-order valence-corrected chi connectivity index (χ0v) is 21.3. The van der Waals surface area contributed by atoms with Gasteiger partial charge in [-0.15, -0.1) is 6.42 Å². The van der Waals surface area contributed by atoms with Gasteiger partial charge in [0.2, 0.25) is 11.8 Å². The van der Waals surface area contributed by atoms with Gasteiger partial charge in [-0.2, -0.15) is 0 Å². The van der Waals surface area contributed by atoms with E-state index < -0.39 is 53.9 Å². The summed E-state index contributed by atoms with van der Waals surface area (Å²) in [6.07, 6.45) is 9.32. The maximum atomic E-state index is 13.4. The molecule has 11 nitrogen and oxygen atoms in total. The standard InChI is InChI=1S/C26H32N4O7/c1-7-17-10-12-18(13-11-17)22(23(33)28-15-14-21(32)36-9-3)30(8-2)24(34)19(16-20(27)31)29-25(35)37-26(4,5)6/h1-2,10-13,19,22H,9,14-16H2,3-6H3,(H2,27,31)(H,28,33)(H,29,35). The Balaban J connectivity index is 3.33. The van der Waals surface area contributed by atoms with E-state index >= 15 is 0 Å². The number of terminal acetylenes is 2. The third-order valence-corrected chi connectivity index (χ3v) is 4.60. The third-order valence-electron chi connectivity index (χ3n) is 4.60. The first-order valence-corrected chi connectivity index (χ1v) is 11.4. The fraction of sp³-hybridized carbons (Fsp3) is 0.423. The van der Waals surface area contributed by atoms with Gasteiger partial charge in [0, 0.05) is 18.2 Å². The Morgan fingerprint density at radius 3 is 2.22 bits per heavy atom. The Hall–Kier alpha value is -4.51. The Morgan fingerprint density at radius 2 is 1.73 bits per heavy atom. The van der Waals surface area contributed by atoms with E-state index in [4.69, 9.17) is 28.1 Å². The maximum absolute atomic E-state index is 13.4. The molecule has 198 valence electrons. The molecule has 4 N–H and O–H groups in total. The van der Waals surface area contributed by atoms with E-state index in [1.165, 1.54) is 12.1 Å². The summed E-state index contributed by atoms with van der Waals surface area (Å²) in [5, 5.41) is 4.83. The molecule has 0 aliphatic carbocycles. The molecule has 4 amide bonds. The Bertz CT molecular complexity index is 1080. The number of primary amides is 1. The highest BCUT2D eigenvalue weighted by Crippen LogP contribution is 2.23. The molecule has 11 heteroatoms. The smallest absolute Gasteiger partial charge is 0.408 e. The van der Waals surface area contributed by atoms with Crippen molar-refractivity contribution in [1.82, 2.24) is 15.5 Å². The molecular formula is C26H32N4O7. The largest absolute Gasteiger partial charge is 0.466 e. The van der Waals surface area contributed by atoms with E-state index in [2.05, 4.69) is 22.6 Å². The van der Waals surface area contributed by atoms with Crippen molar-refractivity contribution in [2.24, 2.45) is 5.73 Å². The fourth-order valence-corrected chi connectivity index (χ4v) is 3.08. The first kappa shape index (κ1) is 30.5. The normalized spacial score (nSPS) is 12.1. The zero-order chi connectivity index (χ0) is 28.2. The molecule has 37 heavy (non-hydrogen) atoms. The van der Waals surface area contributed by atoms with Crippen molar-refractivity contribution in [3.63, 3.8) is 0 Å². The highest BCUT2D eigenvalue weighted by atomic mass is 16.6. The summed E-state index contributed by atoms with van der Waals surface area (Å²) >= 11 is 0. The Morgan fingerprint density at radius 1 is 1.11 bits per heavy atom. The van der Waals surface area contributed by atoms with Crippen LogP contribution in [0.2, 0.25) is 0 Å². The summed E-state index contributed by atoms with van der Waals surface area (Å²) in [5.74, 6) is -0.666. The van der Waals surface area contributed by atoms with Crippen LogP contribution in [-0.2, 0) is 28.7 Å². The van der Waals surface area contributed by atoms with Crippen molar-refractivity contribution >= 4 is 29.8 Å². The minimum absolute atomic E-state index is 0.0932. The summed E-state index contributed by atoms with van der Waals surface area (Å²) in [7, 11) is 0. The summed E-state index contributed by atoms with van der Waals surface area (Å²) in [4.78, 5) is 63.0. The minimum atomic E-state index is -1.52. The van der Waals surface area contributed by atoms with Gasteiger partial charge in [0.25, 0.3) is 5.91 Å². The number of amides is 4. The van der Waals surface area contributed by atoms with Crippen LogP contribution < -0.4 is 16.4 Å². The number of rotatable bonds is 11. The van der Waals surface area contributed by atoms with Gasteiger partial charge in [-0.25, -0.2) is 4.79 Å². The molecule has 0 saturated carbocycles. The highest BCUT2D eigenvalue weighted by Gasteiger charge is 2.36. The number of nitrogens with two attached hydrogens (primary N) is 1. The number of alkyl carbamates (subject to hydrolysis) is 1. The molecular weight excluding hydrogens is 480 g/mol. The van der Waals surface area contributed by atoms with Crippen molar-refractivity contribution in [2.45, 2.75) is 58.2 Å². The summed E-state index contributed by atoms with van der Waals surface area (Å²) < 4.78 is 10.00. The van der Waals surface area contributed by atoms with Crippen LogP contribution in [0.3, 0.4) is 0 Å². The molecule has 0 heterocycles. The second-order valence-electron chi connectivity index (χ2n) is 8.72.